The molecule has 1 aromatic rings. The van der Waals surface area contributed by atoms with Crippen molar-refractivity contribution in [2.75, 3.05) is 0 Å². The highest BCUT2D eigenvalue weighted by molar-refractivity contribution is 5.83. The molecule has 0 aliphatic rings. The first-order chi connectivity index (χ1) is 15.3. The summed E-state index contributed by atoms with van der Waals surface area (Å²) in [6, 6.07) is 9.23. The first kappa shape index (κ1) is 27.5. The van der Waals surface area contributed by atoms with Gasteiger partial charge in [-0.2, -0.15) is 0 Å². The Kier molecular flexibility index (Phi) is 19.2. The molecule has 0 radical (unpaired) electrons. The lowest BCUT2D eigenvalue weighted by Gasteiger charge is -2.03. The fourth-order valence-corrected chi connectivity index (χ4v) is 3.98. The Morgan fingerprint density at radius 3 is 1.52 bits per heavy atom. The van der Waals surface area contributed by atoms with Gasteiger partial charge < -0.3 is 4.74 Å². The normalized spacial score (nSPS) is 11.3. The lowest BCUT2D eigenvalue weighted by molar-refractivity contribution is -0.129. The van der Waals surface area contributed by atoms with Gasteiger partial charge in [-0.3, -0.25) is 0 Å². The minimum absolute atomic E-state index is 0.284. The van der Waals surface area contributed by atoms with Crippen molar-refractivity contribution >= 4 is 5.97 Å². The third-order valence-electron chi connectivity index (χ3n) is 5.94. The summed E-state index contributed by atoms with van der Waals surface area (Å²) >= 11 is 0. The second kappa shape index (κ2) is 21.7. The molecule has 0 aliphatic heterocycles. The van der Waals surface area contributed by atoms with Gasteiger partial charge >= 0.3 is 5.97 Å². The predicted octanol–water partition coefficient (Wildman–Crippen LogP) is 9.58. The lowest BCUT2D eigenvalue weighted by Crippen LogP contribution is -2.03. The average Bonchev–Trinajstić information content (AvgIpc) is 2.78. The van der Waals surface area contributed by atoms with Crippen molar-refractivity contribution in [3.8, 4) is 5.75 Å². The summed E-state index contributed by atoms with van der Waals surface area (Å²) in [6.45, 7) is 2.29. The molecule has 0 aliphatic carbocycles. The molecule has 0 aromatic heterocycles. The first-order valence-electron chi connectivity index (χ1n) is 13.3. The number of benzene rings is 1. The van der Waals surface area contributed by atoms with E-state index < -0.39 is 0 Å². The van der Waals surface area contributed by atoms with Gasteiger partial charge in [-0.05, 0) is 25.0 Å². The molecule has 0 atom stereocenters. The molecule has 0 amide bonds. The molecule has 2 nitrogen and oxygen atoms in total. The number of hydrogen-bond acceptors (Lipinski definition) is 2. The summed E-state index contributed by atoms with van der Waals surface area (Å²) in [7, 11) is 0. The third-order valence-corrected chi connectivity index (χ3v) is 5.94. The fourth-order valence-electron chi connectivity index (χ4n) is 3.98. The van der Waals surface area contributed by atoms with Crippen LogP contribution < -0.4 is 4.74 Å². The summed E-state index contributed by atoms with van der Waals surface area (Å²) in [5.74, 6) is 0.318. The van der Waals surface area contributed by atoms with Crippen molar-refractivity contribution in [3.05, 3.63) is 42.5 Å². The molecular weight excluding hydrogens is 380 g/mol. The smallest absolute Gasteiger partial charge is 0.335 e. The topological polar surface area (TPSA) is 26.3 Å². The van der Waals surface area contributed by atoms with Crippen molar-refractivity contribution in [2.24, 2.45) is 0 Å². The highest BCUT2D eigenvalue weighted by Gasteiger charge is 1.98. The van der Waals surface area contributed by atoms with Crippen molar-refractivity contribution in [2.45, 2.75) is 129 Å². The van der Waals surface area contributed by atoms with Crippen molar-refractivity contribution in [3.63, 3.8) is 0 Å². The van der Waals surface area contributed by atoms with E-state index in [4.69, 9.17) is 4.74 Å². The molecule has 0 unspecified atom stereocenters. The van der Waals surface area contributed by atoms with Crippen LogP contribution in [0.15, 0.2) is 42.5 Å². The van der Waals surface area contributed by atoms with Crippen LogP contribution in [-0.4, -0.2) is 5.97 Å². The van der Waals surface area contributed by atoms with E-state index >= 15 is 0 Å². The largest absolute Gasteiger partial charge is 0.423 e. The van der Waals surface area contributed by atoms with Crippen molar-refractivity contribution in [1.29, 1.82) is 0 Å². The van der Waals surface area contributed by atoms with E-state index in [0.29, 0.717) is 5.75 Å². The van der Waals surface area contributed by atoms with E-state index in [9.17, 15) is 4.79 Å². The Morgan fingerprint density at radius 2 is 1.06 bits per heavy atom. The van der Waals surface area contributed by atoms with E-state index in [0.717, 1.165) is 12.8 Å². The molecule has 0 spiro atoms. The third kappa shape index (κ3) is 18.9. The number of ether oxygens (including phenoxy) is 1. The van der Waals surface area contributed by atoms with Gasteiger partial charge in [0.2, 0.25) is 0 Å². The molecule has 2 heteroatoms. The zero-order valence-electron chi connectivity index (χ0n) is 20.3. The predicted molar refractivity (Wildman–Crippen MR) is 135 cm³/mol. The lowest BCUT2D eigenvalue weighted by atomic mass is 10.0. The summed E-state index contributed by atoms with van der Waals surface area (Å²) in [6.07, 6.45) is 29.6. The van der Waals surface area contributed by atoms with Crippen molar-refractivity contribution < 1.29 is 9.53 Å². The number of carbonyl (C=O) groups is 1. The monoisotopic (exact) mass is 428 g/mol. The van der Waals surface area contributed by atoms with E-state index in [2.05, 4.69) is 6.92 Å². The van der Waals surface area contributed by atoms with Crippen LogP contribution in [0.5, 0.6) is 5.75 Å². The molecule has 0 heterocycles. The minimum atomic E-state index is -0.284. The van der Waals surface area contributed by atoms with Gasteiger partial charge in [0, 0.05) is 6.08 Å². The summed E-state index contributed by atoms with van der Waals surface area (Å²) in [5.41, 5.74) is 0. The van der Waals surface area contributed by atoms with E-state index in [1.54, 1.807) is 18.2 Å². The molecule has 31 heavy (non-hydrogen) atoms. The quantitative estimate of drug-likeness (QED) is 0.0843. The number of allylic oxidation sites excluding steroid dienone is 1. The van der Waals surface area contributed by atoms with Crippen LogP contribution in [0.3, 0.4) is 0 Å². The van der Waals surface area contributed by atoms with Gasteiger partial charge in [0.25, 0.3) is 0 Å². The van der Waals surface area contributed by atoms with E-state index in [1.165, 1.54) is 109 Å². The molecule has 0 N–H and O–H groups in total. The molecule has 0 saturated carbocycles. The van der Waals surface area contributed by atoms with Gasteiger partial charge in [-0.1, -0.05) is 140 Å². The Bertz CT molecular complexity index is 535. The number of esters is 1. The number of hydrogen-bond donors (Lipinski definition) is 0. The molecule has 0 fully saturated rings. The maximum absolute atomic E-state index is 11.7. The van der Waals surface area contributed by atoms with Crippen LogP contribution in [-0.2, 0) is 4.79 Å². The highest BCUT2D eigenvalue weighted by atomic mass is 16.5. The Labute approximate surface area is 192 Å². The van der Waals surface area contributed by atoms with Gasteiger partial charge in [0.15, 0.2) is 0 Å². The second-order valence-electron chi connectivity index (χ2n) is 8.94. The number of rotatable bonds is 21. The zero-order chi connectivity index (χ0) is 22.2. The first-order valence-corrected chi connectivity index (χ1v) is 13.3. The summed E-state index contributed by atoms with van der Waals surface area (Å²) in [4.78, 5) is 11.7. The van der Waals surface area contributed by atoms with Gasteiger partial charge in [-0.15, -0.1) is 0 Å². The Hall–Kier alpha value is -1.57. The van der Waals surface area contributed by atoms with Crippen LogP contribution in [0.1, 0.15) is 129 Å². The molecular formula is C29H48O2. The maximum atomic E-state index is 11.7. The van der Waals surface area contributed by atoms with Gasteiger partial charge in [-0.25, -0.2) is 4.79 Å². The molecule has 0 saturated heterocycles. The van der Waals surface area contributed by atoms with Gasteiger partial charge in [0.05, 0.1) is 0 Å². The SMILES string of the molecule is CCCCCCCCCCCCCCCCCCCCC=CC(=O)Oc1ccccc1. The number of carbonyl (C=O) groups excluding carboxylic acids is 1. The Morgan fingerprint density at radius 1 is 0.645 bits per heavy atom. The van der Waals surface area contributed by atoms with E-state index in [1.807, 2.05) is 24.3 Å². The maximum Gasteiger partial charge on any atom is 0.335 e. The summed E-state index contributed by atoms with van der Waals surface area (Å²) < 4.78 is 5.23. The van der Waals surface area contributed by atoms with Crippen LogP contribution in [0, 0.1) is 0 Å². The summed E-state index contributed by atoms with van der Waals surface area (Å²) in [5, 5.41) is 0. The van der Waals surface area contributed by atoms with Crippen molar-refractivity contribution in [1.82, 2.24) is 0 Å². The Balaban J connectivity index is 1.75. The highest BCUT2D eigenvalue weighted by Crippen LogP contribution is 2.15. The standard InChI is InChI=1S/C29H48O2/c1-2-3-4-5-6-7-8-9-10-11-12-13-14-15-16-17-18-19-20-24-27-29(30)31-28-25-22-21-23-26-28/h21-27H,2-20H2,1H3. The second-order valence-corrected chi connectivity index (χ2v) is 8.94. The molecule has 1 rings (SSSR count). The molecule has 0 bridgehead atoms. The number of para-hydroxylation sites is 1. The zero-order valence-corrected chi connectivity index (χ0v) is 20.3. The van der Waals surface area contributed by atoms with Crippen LogP contribution >= 0.6 is 0 Å². The number of unbranched alkanes of at least 4 members (excludes halogenated alkanes) is 18. The fraction of sp³-hybridized carbons (Fsp3) is 0.690. The minimum Gasteiger partial charge on any atom is -0.423 e. The molecule has 1 aromatic carbocycles. The van der Waals surface area contributed by atoms with Crippen LogP contribution in [0.2, 0.25) is 0 Å². The van der Waals surface area contributed by atoms with Crippen LogP contribution in [0.25, 0.3) is 0 Å². The van der Waals surface area contributed by atoms with Gasteiger partial charge in [0.1, 0.15) is 5.75 Å². The van der Waals surface area contributed by atoms with E-state index in [-0.39, 0.29) is 5.97 Å². The average molecular weight is 429 g/mol. The molecule has 176 valence electrons. The van der Waals surface area contributed by atoms with Crippen LogP contribution in [0.4, 0.5) is 0 Å².